The first-order valence-corrected chi connectivity index (χ1v) is 14.1. The number of rotatable bonds is 5. The molecule has 12 nitrogen and oxygen atoms in total. The van der Waals surface area contributed by atoms with Crippen LogP contribution in [0.4, 0.5) is 11.4 Å². The number of phenolic OH excluding ortho intramolecular Hbond substituents is 1. The molecule has 0 unspecified atom stereocenters. The first-order chi connectivity index (χ1) is 16.6. The highest BCUT2D eigenvalue weighted by Gasteiger charge is 2.26. The summed E-state index contributed by atoms with van der Waals surface area (Å²) in [6.45, 7) is 1.47. The maximum Gasteiger partial charge on any atom is 0.298 e. The summed E-state index contributed by atoms with van der Waals surface area (Å²) in [5.41, 5.74) is -0.393. The molecule has 0 aliphatic heterocycles. The van der Waals surface area contributed by atoms with Gasteiger partial charge in [0, 0.05) is 16.2 Å². The fraction of sp³-hybridized carbons (Fsp3) is 0.0476. The predicted molar refractivity (Wildman–Crippen MR) is 128 cm³/mol. The molecule has 0 spiro atoms. The molecule has 0 heterocycles. The summed E-state index contributed by atoms with van der Waals surface area (Å²) in [6.07, 6.45) is 0. The van der Waals surface area contributed by atoms with Crippen molar-refractivity contribution < 1.29 is 44.0 Å². The van der Waals surface area contributed by atoms with E-state index >= 15 is 0 Å². The molecule has 4 aromatic carbocycles. The van der Waals surface area contributed by atoms with E-state index in [9.17, 15) is 44.0 Å². The van der Waals surface area contributed by atoms with E-state index in [2.05, 4.69) is 10.2 Å². The van der Waals surface area contributed by atoms with Gasteiger partial charge in [-0.25, -0.2) is 0 Å². The minimum Gasteiger partial charge on any atom is -0.504 e. The van der Waals surface area contributed by atoms with Crippen molar-refractivity contribution >= 4 is 63.3 Å². The molecule has 0 amide bonds. The molecule has 0 atom stereocenters. The third-order valence-corrected chi connectivity index (χ3v) is 7.87. The average Bonchev–Trinajstić information content (AvgIpc) is 2.75. The van der Waals surface area contributed by atoms with E-state index in [1.165, 1.54) is 37.3 Å². The van der Waals surface area contributed by atoms with Crippen LogP contribution in [0.5, 0.6) is 5.75 Å². The molecule has 0 fully saturated rings. The maximum atomic E-state index is 12.1. The van der Waals surface area contributed by atoms with E-state index in [-0.39, 0.29) is 27.2 Å². The highest BCUT2D eigenvalue weighted by atomic mass is 32.2. The highest BCUT2D eigenvalue weighted by molar-refractivity contribution is 7.86. The van der Waals surface area contributed by atoms with Gasteiger partial charge in [-0.05, 0) is 42.1 Å². The Balaban J connectivity index is 2.10. The van der Waals surface area contributed by atoms with Gasteiger partial charge >= 0.3 is 0 Å². The molecule has 36 heavy (non-hydrogen) atoms. The fourth-order valence-corrected chi connectivity index (χ4v) is 5.88. The number of hydrogen-bond acceptors (Lipinski definition) is 9. The molecular weight excluding hydrogens is 536 g/mol. The first-order valence-electron chi connectivity index (χ1n) is 9.75. The van der Waals surface area contributed by atoms with E-state index < -0.39 is 56.5 Å². The Morgan fingerprint density at radius 1 is 0.667 bits per heavy atom. The molecule has 0 radical (unpaired) electrons. The summed E-state index contributed by atoms with van der Waals surface area (Å²) < 4.78 is 100. The lowest BCUT2D eigenvalue weighted by atomic mass is 10.1. The Bertz CT molecular complexity index is 1930. The molecule has 4 rings (SSSR count). The third kappa shape index (κ3) is 4.67. The summed E-state index contributed by atoms with van der Waals surface area (Å²) in [6, 6.07) is 11.3. The van der Waals surface area contributed by atoms with Crippen molar-refractivity contribution in [1.82, 2.24) is 0 Å². The van der Waals surface area contributed by atoms with Gasteiger partial charge in [-0.1, -0.05) is 30.3 Å². The van der Waals surface area contributed by atoms with E-state index in [1.807, 2.05) is 0 Å². The molecule has 0 bridgehead atoms. The molecule has 0 saturated heterocycles. The van der Waals surface area contributed by atoms with Crippen LogP contribution in [-0.2, 0) is 30.4 Å². The van der Waals surface area contributed by atoms with Crippen molar-refractivity contribution in [3.05, 3.63) is 60.2 Å². The Morgan fingerprint density at radius 2 is 1.25 bits per heavy atom. The van der Waals surface area contributed by atoms with Gasteiger partial charge in [0.1, 0.15) is 20.4 Å². The number of hydrogen-bond donors (Lipinski definition) is 4. The van der Waals surface area contributed by atoms with Gasteiger partial charge in [0.2, 0.25) is 0 Å². The van der Waals surface area contributed by atoms with Crippen molar-refractivity contribution in [2.75, 3.05) is 0 Å². The smallest absolute Gasteiger partial charge is 0.298 e. The van der Waals surface area contributed by atoms with Crippen LogP contribution in [0.25, 0.3) is 21.5 Å². The molecule has 188 valence electrons. The lowest BCUT2D eigenvalue weighted by Gasteiger charge is -2.12. The van der Waals surface area contributed by atoms with E-state index in [0.717, 1.165) is 18.2 Å². The van der Waals surface area contributed by atoms with E-state index in [4.69, 9.17) is 0 Å². The monoisotopic (exact) mass is 552 g/mol. The van der Waals surface area contributed by atoms with Crippen molar-refractivity contribution in [1.29, 1.82) is 0 Å². The lowest BCUT2D eigenvalue weighted by Crippen LogP contribution is -2.03. The Labute approximate surface area is 204 Å². The molecule has 0 saturated carbocycles. The lowest BCUT2D eigenvalue weighted by molar-refractivity contribution is 0.445. The Hall–Kier alpha value is -3.47. The summed E-state index contributed by atoms with van der Waals surface area (Å²) in [5, 5.41) is 18.2. The van der Waals surface area contributed by atoms with Gasteiger partial charge in [0.15, 0.2) is 5.75 Å². The topological polar surface area (TPSA) is 208 Å². The summed E-state index contributed by atoms with van der Waals surface area (Å²) >= 11 is 0. The average molecular weight is 553 g/mol. The van der Waals surface area contributed by atoms with Gasteiger partial charge in [0.05, 0.1) is 5.69 Å². The fourth-order valence-electron chi connectivity index (χ4n) is 3.76. The van der Waals surface area contributed by atoms with Crippen LogP contribution in [0.3, 0.4) is 0 Å². The zero-order valence-corrected chi connectivity index (χ0v) is 20.5. The third-order valence-electron chi connectivity index (χ3n) is 5.21. The number of nitrogens with zero attached hydrogens (tertiary/aromatic N) is 2. The maximum absolute atomic E-state index is 12.1. The first kappa shape index (κ1) is 25.6. The molecule has 0 aromatic heterocycles. The number of aromatic hydroxyl groups is 1. The van der Waals surface area contributed by atoms with Crippen LogP contribution in [0.1, 0.15) is 5.56 Å². The standard InChI is InChI=1S/C21H16N2O10S3/c1-11-8-12-10-18(36(31,32)33)21(24)20(19(12)17(9-11)35(28,29)30)23-22-15-6-7-16(34(25,26)27)14-5-3-2-4-13(14)15/h2-10,24H,1H3,(H,25,26,27)(H,28,29,30)(H,31,32,33). The largest absolute Gasteiger partial charge is 0.504 e. The van der Waals surface area contributed by atoms with Crippen molar-refractivity contribution in [2.45, 2.75) is 21.6 Å². The second-order valence-electron chi connectivity index (χ2n) is 7.69. The van der Waals surface area contributed by atoms with Gasteiger partial charge in [-0.3, -0.25) is 13.7 Å². The minimum absolute atomic E-state index is 0.00308. The quantitative estimate of drug-likeness (QED) is 0.205. The van der Waals surface area contributed by atoms with Crippen molar-refractivity contribution in [3.63, 3.8) is 0 Å². The highest BCUT2D eigenvalue weighted by Crippen LogP contribution is 2.44. The van der Waals surface area contributed by atoms with E-state index in [0.29, 0.717) is 5.56 Å². The molecular formula is C21H16N2O10S3. The number of fused-ring (bicyclic) bond motifs is 2. The molecule has 15 heteroatoms. The van der Waals surface area contributed by atoms with Gasteiger partial charge in [0.25, 0.3) is 30.4 Å². The van der Waals surface area contributed by atoms with Crippen LogP contribution in [0, 0.1) is 6.92 Å². The molecule has 4 N–H and O–H groups in total. The zero-order chi connectivity index (χ0) is 26.6. The second-order valence-corrected chi connectivity index (χ2v) is 11.9. The number of phenols is 1. The van der Waals surface area contributed by atoms with Gasteiger partial charge < -0.3 is 5.11 Å². The van der Waals surface area contributed by atoms with Crippen LogP contribution in [0.15, 0.2) is 79.5 Å². The Kier molecular flexibility index (Phi) is 6.10. The van der Waals surface area contributed by atoms with Crippen LogP contribution in [0.2, 0.25) is 0 Å². The normalized spacial score (nSPS) is 13.1. The van der Waals surface area contributed by atoms with Crippen LogP contribution >= 0.6 is 0 Å². The minimum atomic E-state index is -5.01. The predicted octanol–water partition coefficient (Wildman–Crippen LogP) is 4.16. The van der Waals surface area contributed by atoms with Crippen molar-refractivity contribution in [2.24, 2.45) is 10.2 Å². The van der Waals surface area contributed by atoms with Crippen LogP contribution < -0.4 is 0 Å². The second kappa shape index (κ2) is 8.58. The summed E-state index contributed by atoms with van der Waals surface area (Å²) in [5.74, 6) is -1.14. The SMILES string of the molecule is Cc1cc(S(=O)(=O)O)c2c(N=Nc3ccc(S(=O)(=O)O)c4ccccc34)c(O)c(S(=O)(=O)O)cc2c1. The summed E-state index contributed by atoms with van der Waals surface area (Å²) in [4.78, 5) is -2.10. The van der Waals surface area contributed by atoms with Crippen LogP contribution in [-0.4, -0.2) is 44.0 Å². The summed E-state index contributed by atoms with van der Waals surface area (Å²) in [7, 11) is -14.5. The van der Waals surface area contributed by atoms with Gasteiger partial charge in [-0.2, -0.15) is 25.3 Å². The number of benzene rings is 4. The zero-order valence-electron chi connectivity index (χ0n) is 18.1. The Morgan fingerprint density at radius 3 is 1.83 bits per heavy atom. The van der Waals surface area contributed by atoms with E-state index in [1.54, 1.807) is 6.07 Å². The number of azo groups is 1. The molecule has 4 aromatic rings. The van der Waals surface area contributed by atoms with Gasteiger partial charge in [-0.15, -0.1) is 10.2 Å². The molecule has 0 aliphatic rings. The van der Waals surface area contributed by atoms with Crippen molar-refractivity contribution in [3.8, 4) is 5.75 Å². The molecule has 0 aliphatic carbocycles. The number of aryl methyl sites for hydroxylation is 1.